The van der Waals surface area contributed by atoms with Crippen molar-refractivity contribution in [1.82, 2.24) is 0 Å². The molecule has 22 heavy (non-hydrogen) atoms. The molecule has 0 aliphatic rings. The van der Waals surface area contributed by atoms with E-state index in [0.29, 0.717) is 24.3 Å². The number of phenols is 1. The first kappa shape index (κ1) is 17.6. The summed E-state index contributed by atoms with van der Waals surface area (Å²) in [4.78, 5) is 16.0. The van der Waals surface area contributed by atoms with Crippen LogP contribution in [0.25, 0.3) is 0 Å². The minimum Gasteiger partial charge on any atom is -0.511 e. The van der Waals surface area contributed by atoms with Gasteiger partial charge in [0.1, 0.15) is 28.5 Å². The molecule has 1 rings (SSSR count). The highest BCUT2D eigenvalue weighted by molar-refractivity contribution is 6.10. The summed E-state index contributed by atoms with van der Waals surface area (Å²) in [6.07, 6.45) is 2.29. The molecular weight excluding hydrogens is 286 g/mol. The monoisotopic (exact) mass is 307 g/mol. The molecule has 2 N–H and O–H groups in total. The molecule has 0 atom stereocenters. The van der Waals surface area contributed by atoms with Crippen molar-refractivity contribution in [3.63, 3.8) is 0 Å². The fourth-order valence-electron chi connectivity index (χ4n) is 1.73. The van der Waals surface area contributed by atoms with Gasteiger partial charge in [0.15, 0.2) is 0 Å². The van der Waals surface area contributed by atoms with E-state index in [4.69, 9.17) is 9.47 Å². The first-order valence-electron chi connectivity index (χ1n) is 7.03. The molecule has 0 saturated carbocycles. The van der Waals surface area contributed by atoms with Gasteiger partial charge in [0.2, 0.25) is 0 Å². The number of ether oxygens (including phenoxy) is 2. The molecule has 6 nitrogen and oxygen atoms in total. The van der Waals surface area contributed by atoms with E-state index in [9.17, 15) is 15.0 Å². The van der Waals surface area contributed by atoms with Crippen LogP contribution < -0.4 is 4.74 Å². The quantitative estimate of drug-likeness (QED) is 0.349. The van der Waals surface area contributed by atoms with Crippen LogP contribution in [0.5, 0.6) is 11.5 Å². The average Bonchev–Trinajstić information content (AvgIpc) is 2.49. The van der Waals surface area contributed by atoms with Crippen molar-refractivity contribution in [2.24, 2.45) is 4.99 Å². The number of hydrogen-bond acceptors (Lipinski definition) is 6. The largest absolute Gasteiger partial charge is 0.511 e. The molecule has 0 aliphatic carbocycles. The molecule has 1 aromatic rings. The van der Waals surface area contributed by atoms with Crippen molar-refractivity contribution in [2.75, 3.05) is 13.7 Å². The Hall–Kier alpha value is -2.50. The Morgan fingerprint density at radius 1 is 1.36 bits per heavy atom. The van der Waals surface area contributed by atoms with Crippen LogP contribution in [-0.2, 0) is 9.53 Å². The molecule has 0 spiro atoms. The second-order valence-corrected chi connectivity index (χ2v) is 4.45. The third-order valence-corrected chi connectivity index (χ3v) is 2.79. The fraction of sp³-hybridized carbons (Fsp3) is 0.375. The summed E-state index contributed by atoms with van der Waals surface area (Å²) in [7, 11) is 1.45. The van der Waals surface area contributed by atoms with Gasteiger partial charge in [0, 0.05) is 18.7 Å². The maximum absolute atomic E-state index is 11.9. The smallest absolute Gasteiger partial charge is 0.343 e. The maximum atomic E-state index is 11.9. The van der Waals surface area contributed by atoms with Gasteiger partial charge in [-0.3, -0.25) is 4.99 Å². The number of carbonyl (C=O) groups is 1. The molecule has 0 aromatic heterocycles. The van der Waals surface area contributed by atoms with Crippen LogP contribution in [-0.4, -0.2) is 36.1 Å². The van der Waals surface area contributed by atoms with Gasteiger partial charge in [-0.25, -0.2) is 4.79 Å². The molecule has 0 radical (unpaired) electrons. The van der Waals surface area contributed by atoms with Crippen LogP contribution >= 0.6 is 0 Å². The van der Waals surface area contributed by atoms with Crippen molar-refractivity contribution in [1.29, 1.82) is 0 Å². The number of aliphatic imine (C=N–C) groups is 1. The minimum atomic E-state index is -0.630. The first-order valence-corrected chi connectivity index (χ1v) is 7.03. The zero-order chi connectivity index (χ0) is 16.5. The van der Waals surface area contributed by atoms with E-state index in [1.54, 1.807) is 13.0 Å². The number of carbonyl (C=O) groups excluding carboxylic acids is 1. The van der Waals surface area contributed by atoms with Crippen LogP contribution in [0, 0.1) is 0 Å². The third-order valence-electron chi connectivity index (χ3n) is 2.79. The van der Waals surface area contributed by atoms with Crippen molar-refractivity contribution < 1.29 is 24.5 Å². The normalized spacial score (nSPS) is 12.1. The van der Waals surface area contributed by atoms with E-state index in [-0.39, 0.29) is 23.7 Å². The van der Waals surface area contributed by atoms with Crippen molar-refractivity contribution in [2.45, 2.75) is 26.7 Å². The lowest BCUT2D eigenvalue weighted by Crippen LogP contribution is -2.11. The standard InChI is InChI=1S/C16H21NO5/c1-4-6-14(19)12(16(20)22-5-2)10-17-13-8-7-11(18)9-15(13)21-3/h7-10,18-19H,4-6H2,1-3H3. The molecule has 0 bridgehead atoms. The van der Waals surface area contributed by atoms with Gasteiger partial charge in [-0.1, -0.05) is 6.92 Å². The molecule has 1 aromatic carbocycles. The second-order valence-electron chi connectivity index (χ2n) is 4.45. The molecule has 6 heteroatoms. The lowest BCUT2D eigenvalue weighted by molar-refractivity contribution is -0.138. The van der Waals surface area contributed by atoms with Crippen LogP contribution in [0.4, 0.5) is 5.69 Å². The number of phenolic OH excluding ortho intramolecular Hbond substituents is 1. The zero-order valence-electron chi connectivity index (χ0n) is 13.0. The molecule has 0 saturated heterocycles. The van der Waals surface area contributed by atoms with Gasteiger partial charge in [-0.15, -0.1) is 0 Å². The Kier molecular flexibility index (Phi) is 6.95. The maximum Gasteiger partial charge on any atom is 0.343 e. The Morgan fingerprint density at radius 3 is 2.68 bits per heavy atom. The topological polar surface area (TPSA) is 88.4 Å². The number of aliphatic hydroxyl groups excluding tert-OH is 1. The number of hydrogen-bond donors (Lipinski definition) is 2. The molecule has 0 aliphatic heterocycles. The van der Waals surface area contributed by atoms with E-state index in [1.165, 1.54) is 25.5 Å². The number of aliphatic hydroxyl groups is 1. The fourth-order valence-corrected chi connectivity index (χ4v) is 1.73. The summed E-state index contributed by atoms with van der Waals surface area (Å²) in [5.41, 5.74) is 0.435. The Morgan fingerprint density at radius 2 is 2.09 bits per heavy atom. The molecular formula is C16H21NO5. The number of methoxy groups -OCH3 is 1. The average molecular weight is 307 g/mol. The number of benzene rings is 1. The number of aromatic hydroxyl groups is 1. The van der Waals surface area contributed by atoms with Crippen molar-refractivity contribution in [3.05, 3.63) is 29.5 Å². The van der Waals surface area contributed by atoms with Crippen LogP contribution in [0.15, 0.2) is 34.5 Å². The minimum absolute atomic E-state index is 0.0128. The highest BCUT2D eigenvalue weighted by atomic mass is 16.5. The van der Waals surface area contributed by atoms with E-state index in [2.05, 4.69) is 4.99 Å². The highest BCUT2D eigenvalue weighted by Gasteiger charge is 2.14. The van der Waals surface area contributed by atoms with Crippen LogP contribution in [0.1, 0.15) is 26.7 Å². The van der Waals surface area contributed by atoms with Gasteiger partial charge in [-0.05, 0) is 25.5 Å². The Balaban J connectivity index is 3.13. The molecule has 0 amide bonds. The van der Waals surface area contributed by atoms with Gasteiger partial charge in [0.05, 0.1) is 13.7 Å². The number of esters is 1. The summed E-state index contributed by atoms with van der Waals surface area (Å²) in [5.74, 6) is -0.294. The Bertz CT molecular complexity index is 578. The summed E-state index contributed by atoms with van der Waals surface area (Å²) in [6, 6.07) is 4.41. The highest BCUT2D eigenvalue weighted by Crippen LogP contribution is 2.30. The first-order chi connectivity index (χ1) is 10.5. The summed E-state index contributed by atoms with van der Waals surface area (Å²) >= 11 is 0. The van der Waals surface area contributed by atoms with Crippen LogP contribution in [0.2, 0.25) is 0 Å². The van der Waals surface area contributed by atoms with E-state index in [1.807, 2.05) is 6.92 Å². The van der Waals surface area contributed by atoms with Gasteiger partial charge >= 0.3 is 5.97 Å². The predicted molar refractivity (Wildman–Crippen MR) is 84.0 cm³/mol. The summed E-state index contributed by atoms with van der Waals surface area (Å²) in [5, 5.41) is 19.4. The van der Waals surface area contributed by atoms with Crippen molar-refractivity contribution >= 4 is 17.9 Å². The second kappa shape index (κ2) is 8.71. The van der Waals surface area contributed by atoms with E-state index < -0.39 is 5.97 Å². The SMILES string of the molecule is CCCC(O)=C(C=Nc1ccc(O)cc1OC)C(=O)OCC. The number of nitrogens with zero attached hydrogens (tertiary/aromatic N) is 1. The molecule has 120 valence electrons. The van der Waals surface area contributed by atoms with Crippen molar-refractivity contribution in [3.8, 4) is 11.5 Å². The van der Waals surface area contributed by atoms with E-state index in [0.717, 1.165) is 0 Å². The van der Waals surface area contributed by atoms with E-state index >= 15 is 0 Å². The molecule has 0 unspecified atom stereocenters. The summed E-state index contributed by atoms with van der Waals surface area (Å²) < 4.78 is 10.0. The lowest BCUT2D eigenvalue weighted by atomic mass is 10.1. The van der Waals surface area contributed by atoms with Gasteiger partial charge in [-0.2, -0.15) is 0 Å². The molecule has 0 heterocycles. The third kappa shape index (κ3) is 4.80. The zero-order valence-corrected chi connectivity index (χ0v) is 13.0. The van der Waals surface area contributed by atoms with Gasteiger partial charge < -0.3 is 19.7 Å². The number of allylic oxidation sites excluding steroid dienone is 1. The molecule has 0 fully saturated rings. The number of rotatable bonds is 7. The van der Waals surface area contributed by atoms with Crippen LogP contribution in [0.3, 0.4) is 0 Å². The Labute approximate surface area is 129 Å². The lowest BCUT2D eigenvalue weighted by Gasteiger charge is -2.07. The summed E-state index contributed by atoms with van der Waals surface area (Å²) in [6.45, 7) is 3.78. The predicted octanol–water partition coefficient (Wildman–Crippen LogP) is 3.28. The van der Waals surface area contributed by atoms with Gasteiger partial charge in [0.25, 0.3) is 0 Å².